The Hall–Kier alpha value is -1.34. The second-order valence-corrected chi connectivity index (χ2v) is 7.94. The van der Waals surface area contributed by atoms with Crippen molar-refractivity contribution in [2.24, 2.45) is 5.41 Å². The lowest BCUT2D eigenvalue weighted by Crippen LogP contribution is -2.57. The van der Waals surface area contributed by atoms with Gasteiger partial charge in [-0.25, -0.2) is 4.79 Å². The van der Waals surface area contributed by atoms with Gasteiger partial charge in [0.2, 0.25) is 0 Å². The van der Waals surface area contributed by atoms with E-state index in [9.17, 15) is 14.7 Å². The van der Waals surface area contributed by atoms with Gasteiger partial charge in [0.1, 0.15) is 0 Å². The molecule has 140 valence electrons. The van der Waals surface area contributed by atoms with E-state index in [2.05, 4.69) is 26.1 Å². The summed E-state index contributed by atoms with van der Waals surface area (Å²) in [6.07, 6.45) is 2.26. The molecule has 0 radical (unpaired) electrons. The van der Waals surface area contributed by atoms with E-state index < -0.39 is 5.97 Å². The van der Waals surface area contributed by atoms with Crippen LogP contribution in [0.3, 0.4) is 0 Å². The van der Waals surface area contributed by atoms with Gasteiger partial charge in [-0.1, -0.05) is 27.7 Å². The van der Waals surface area contributed by atoms with Crippen molar-refractivity contribution in [3.8, 4) is 0 Å². The number of aliphatic carboxylic acids is 1. The first-order valence-corrected chi connectivity index (χ1v) is 8.67. The van der Waals surface area contributed by atoms with E-state index in [1.807, 2.05) is 11.8 Å². The van der Waals surface area contributed by atoms with Crippen molar-refractivity contribution in [3.63, 3.8) is 0 Å². The van der Waals surface area contributed by atoms with Crippen LogP contribution in [0.25, 0.3) is 0 Å². The lowest BCUT2D eigenvalue weighted by atomic mass is 9.85. The summed E-state index contributed by atoms with van der Waals surface area (Å²) in [6, 6.07) is -0.102. The number of hydrogen-bond acceptors (Lipinski definition) is 4. The number of carboxylic acid groups (broad SMARTS) is 1. The highest BCUT2D eigenvalue weighted by Crippen LogP contribution is 2.26. The molecule has 2 amide bonds. The molecule has 3 N–H and O–H groups in total. The second kappa shape index (κ2) is 8.67. The topological polar surface area (TPSA) is 93.1 Å². The molecule has 0 heterocycles. The van der Waals surface area contributed by atoms with Crippen molar-refractivity contribution in [2.75, 3.05) is 26.7 Å². The Bertz CT molecular complexity index is 430. The third-order valence-electron chi connectivity index (χ3n) is 4.63. The molecule has 1 atom stereocenters. The van der Waals surface area contributed by atoms with Crippen LogP contribution in [0.15, 0.2) is 0 Å². The van der Waals surface area contributed by atoms with Gasteiger partial charge in [0.05, 0.1) is 19.2 Å². The fourth-order valence-electron chi connectivity index (χ4n) is 3.15. The molecule has 0 saturated heterocycles. The van der Waals surface area contributed by atoms with E-state index in [1.165, 1.54) is 0 Å². The molecule has 1 aliphatic carbocycles. The summed E-state index contributed by atoms with van der Waals surface area (Å²) in [7, 11) is 1.71. The van der Waals surface area contributed by atoms with Gasteiger partial charge in [-0.15, -0.1) is 0 Å². The van der Waals surface area contributed by atoms with Crippen LogP contribution in [0.5, 0.6) is 0 Å². The second-order valence-electron chi connectivity index (χ2n) is 7.94. The molecular formula is C17H33N3O4. The normalized spacial score (nSPS) is 22.0. The Morgan fingerprint density at radius 2 is 1.88 bits per heavy atom. The van der Waals surface area contributed by atoms with E-state index in [1.54, 1.807) is 11.9 Å². The van der Waals surface area contributed by atoms with Crippen LogP contribution >= 0.6 is 0 Å². The molecule has 1 fully saturated rings. The summed E-state index contributed by atoms with van der Waals surface area (Å²) in [5.41, 5.74) is 0.0297. The maximum absolute atomic E-state index is 12.4. The van der Waals surface area contributed by atoms with Crippen molar-refractivity contribution >= 4 is 12.0 Å². The minimum atomic E-state index is -0.822. The number of rotatable bonds is 8. The van der Waals surface area contributed by atoms with E-state index in [-0.39, 0.29) is 42.7 Å². The van der Waals surface area contributed by atoms with Crippen LogP contribution in [0.2, 0.25) is 0 Å². The van der Waals surface area contributed by atoms with Gasteiger partial charge in [-0.3, -0.25) is 9.69 Å². The molecule has 1 rings (SSSR count). The number of amides is 2. The number of carbonyl (C=O) groups excluding carboxylic acids is 1. The molecule has 0 aromatic rings. The fourth-order valence-corrected chi connectivity index (χ4v) is 3.15. The summed E-state index contributed by atoms with van der Waals surface area (Å²) in [5.74, 6) is -0.822. The number of carboxylic acids is 1. The fraction of sp³-hybridized carbons (Fsp3) is 0.882. The van der Waals surface area contributed by atoms with E-state index in [0.717, 1.165) is 19.3 Å². The number of carbonyl (C=O) groups is 2. The number of likely N-dealkylation sites (N-methyl/N-ethyl adjacent to an activating group) is 2. The maximum Gasteiger partial charge on any atom is 0.317 e. The Morgan fingerprint density at radius 1 is 1.29 bits per heavy atom. The molecule has 7 heteroatoms. The summed E-state index contributed by atoms with van der Waals surface area (Å²) in [6.45, 7) is 8.87. The molecule has 0 aromatic heterocycles. The highest BCUT2D eigenvalue weighted by molar-refractivity contribution is 5.74. The third kappa shape index (κ3) is 6.28. The van der Waals surface area contributed by atoms with Gasteiger partial charge in [0.25, 0.3) is 0 Å². The highest BCUT2D eigenvalue weighted by Gasteiger charge is 2.36. The standard InChI is InChI=1S/C17H33N3O4/c1-6-20(10-15(22)23)13-7-12(8-13)18-16(24)19(5)14(11-21)9-17(2,3)4/h12-14,21H,6-11H2,1-5H3,(H,18,24)(H,22,23). The maximum atomic E-state index is 12.4. The Labute approximate surface area is 145 Å². The first-order valence-electron chi connectivity index (χ1n) is 8.67. The molecule has 24 heavy (non-hydrogen) atoms. The largest absolute Gasteiger partial charge is 0.480 e. The quantitative estimate of drug-likeness (QED) is 0.619. The lowest BCUT2D eigenvalue weighted by molar-refractivity contribution is -0.139. The molecule has 1 saturated carbocycles. The molecule has 0 aliphatic heterocycles. The summed E-state index contributed by atoms with van der Waals surface area (Å²) in [4.78, 5) is 26.7. The minimum absolute atomic E-state index is 0.0297. The van der Waals surface area contributed by atoms with Crippen LogP contribution < -0.4 is 5.32 Å². The monoisotopic (exact) mass is 343 g/mol. The molecule has 0 spiro atoms. The van der Waals surface area contributed by atoms with Crippen molar-refractivity contribution < 1.29 is 19.8 Å². The molecule has 1 unspecified atom stereocenters. The van der Waals surface area contributed by atoms with Gasteiger partial charge in [-0.2, -0.15) is 0 Å². The molecule has 1 aliphatic rings. The van der Waals surface area contributed by atoms with Crippen LogP contribution in [0.1, 0.15) is 47.0 Å². The van der Waals surface area contributed by atoms with Gasteiger partial charge in [0.15, 0.2) is 0 Å². The first-order chi connectivity index (χ1) is 11.1. The Balaban J connectivity index is 2.45. The van der Waals surface area contributed by atoms with Crippen molar-refractivity contribution in [2.45, 2.75) is 65.1 Å². The number of nitrogens with one attached hydrogen (secondary N) is 1. The van der Waals surface area contributed by atoms with Crippen LogP contribution in [0, 0.1) is 5.41 Å². The lowest BCUT2D eigenvalue weighted by Gasteiger charge is -2.43. The van der Waals surface area contributed by atoms with E-state index in [4.69, 9.17) is 5.11 Å². The zero-order chi connectivity index (χ0) is 18.5. The number of aliphatic hydroxyl groups excluding tert-OH is 1. The van der Waals surface area contributed by atoms with Crippen molar-refractivity contribution in [3.05, 3.63) is 0 Å². The summed E-state index contributed by atoms with van der Waals surface area (Å²) < 4.78 is 0. The molecule has 0 aromatic carbocycles. The first kappa shape index (κ1) is 20.7. The van der Waals surface area contributed by atoms with Crippen molar-refractivity contribution in [1.29, 1.82) is 0 Å². The van der Waals surface area contributed by atoms with E-state index >= 15 is 0 Å². The SMILES string of the molecule is CCN(CC(=O)O)C1CC(NC(=O)N(C)C(CO)CC(C)(C)C)C1. The number of nitrogens with zero attached hydrogens (tertiary/aromatic N) is 2. The number of urea groups is 1. The molecule has 7 nitrogen and oxygen atoms in total. The highest BCUT2D eigenvalue weighted by atomic mass is 16.4. The third-order valence-corrected chi connectivity index (χ3v) is 4.63. The zero-order valence-corrected chi connectivity index (χ0v) is 15.6. The van der Waals surface area contributed by atoms with Gasteiger partial charge >= 0.3 is 12.0 Å². The van der Waals surface area contributed by atoms with Gasteiger partial charge < -0.3 is 20.4 Å². The Morgan fingerprint density at radius 3 is 2.29 bits per heavy atom. The smallest absolute Gasteiger partial charge is 0.317 e. The Kier molecular flexibility index (Phi) is 7.48. The molecule has 0 bridgehead atoms. The van der Waals surface area contributed by atoms with E-state index in [0.29, 0.717) is 6.54 Å². The van der Waals surface area contributed by atoms with Gasteiger partial charge in [-0.05, 0) is 31.2 Å². The van der Waals surface area contributed by atoms with Crippen LogP contribution in [-0.4, -0.2) is 76.9 Å². The molecular weight excluding hydrogens is 310 g/mol. The average molecular weight is 343 g/mol. The average Bonchev–Trinajstić information content (AvgIpc) is 2.43. The summed E-state index contributed by atoms with van der Waals surface area (Å²) >= 11 is 0. The van der Waals surface area contributed by atoms with Crippen LogP contribution in [-0.2, 0) is 4.79 Å². The zero-order valence-electron chi connectivity index (χ0n) is 15.6. The van der Waals surface area contributed by atoms with Crippen molar-refractivity contribution in [1.82, 2.24) is 15.1 Å². The predicted molar refractivity (Wildman–Crippen MR) is 92.9 cm³/mol. The number of hydrogen-bond donors (Lipinski definition) is 3. The minimum Gasteiger partial charge on any atom is -0.480 e. The predicted octanol–water partition coefficient (Wildman–Crippen LogP) is 1.36. The summed E-state index contributed by atoms with van der Waals surface area (Å²) in [5, 5.41) is 21.4. The van der Waals surface area contributed by atoms with Gasteiger partial charge in [0, 0.05) is 19.1 Å². The van der Waals surface area contributed by atoms with Crippen LogP contribution in [0.4, 0.5) is 4.79 Å². The number of aliphatic hydroxyl groups is 1.